The van der Waals surface area contributed by atoms with Crippen LogP contribution in [0.25, 0.3) is 0 Å². The predicted molar refractivity (Wildman–Crippen MR) is 92.5 cm³/mol. The van der Waals surface area contributed by atoms with Gasteiger partial charge in [0.2, 0.25) is 17.6 Å². The maximum Gasteiger partial charge on any atom is 0.388 e. The van der Waals surface area contributed by atoms with Crippen LogP contribution < -0.4 is 18.9 Å². The smallest absolute Gasteiger partial charge is 0.388 e. The van der Waals surface area contributed by atoms with Gasteiger partial charge in [0.05, 0.1) is 7.11 Å². The van der Waals surface area contributed by atoms with Crippen molar-refractivity contribution in [3.63, 3.8) is 0 Å². The Morgan fingerprint density at radius 1 is 0.926 bits per heavy atom. The average molecular weight is 374 g/mol. The Balaban J connectivity index is 1.75. The van der Waals surface area contributed by atoms with E-state index in [2.05, 4.69) is 14.7 Å². The second-order valence-corrected chi connectivity index (χ2v) is 5.27. The summed E-state index contributed by atoms with van der Waals surface area (Å²) in [6.45, 7) is -2.65. The quantitative estimate of drug-likeness (QED) is 0.580. The summed E-state index contributed by atoms with van der Waals surface area (Å²) in [5.41, 5.74) is 0.979. The van der Waals surface area contributed by atoms with Crippen molar-refractivity contribution >= 4 is 0 Å². The molecule has 0 bridgehead atoms. The van der Waals surface area contributed by atoms with Crippen LogP contribution in [0.15, 0.2) is 60.8 Å². The van der Waals surface area contributed by atoms with Gasteiger partial charge in [-0.2, -0.15) is 13.8 Å². The molecule has 6 nitrogen and oxygen atoms in total. The van der Waals surface area contributed by atoms with E-state index < -0.39 is 6.61 Å². The van der Waals surface area contributed by atoms with Gasteiger partial charge in [-0.05, 0) is 11.6 Å². The molecular formula is C19H16F2N2O4. The van der Waals surface area contributed by atoms with Crippen LogP contribution in [0.2, 0.25) is 0 Å². The molecule has 2 heterocycles. The first-order valence-electron chi connectivity index (χ1n) is 7.94. The molecule has 0 aliphatic rings. The summed E-state index contributed by atoms with van der Waals surface area (Å²) in [6.07, 6.45) is 1.29. The van der Waals surface area contributed by atoms with Crippen LogP contribution in [-0.4, -0.2) is 23.7 Å². The van der Waals surface area contributed by atoms with E-state index in [1.54, 1.807) is 12.1 Å². The molecule has 0 N–H and O–H groups in total. The summed E-state index contributed by atoms with van der Waals surface area (Å²) in [5.74, 6) is 0.917. The third-order valence-corrected chi connectivity index (χ3v) is 3.36. The minimum atomic E-state index is -2.97. The van der Waals surface area contributed by atoms with Gasteiger partial charge in [0.25, 0.3) is 0 Å². The monoisotopic (exact) mass is 374 g/mol. The largest absolute Gasteiger partial charge is 0.496 e. The zero-order valence-corrected chi connectivity index (χ0v) is 14.3. The van der Waals surface area contributed by atoms with Crippen molar-refractivity contribution in [3.8, 4) is 29.1 Å². The molecule has 0 saturated heterocycles. The molecule has 0 atom stereocenters. The Kier molecular flexibility index (Phi) is 5.98. The molecule has 27 heavy (non-hydrogen) atoms. The van der Waals surface area contributed by atoms with Crippen molar-refractivity contribution in [1.82, 2.24) is 9.97 Å². The van der Waals surface area contributed by atoms with Gasteiger partial charge in [0, 0.05) is 24.4 Å². The van der Waals surface area contributed by atoms with Crippen LogP contribution in [0.1, 0.15) is 5.56 Å². The van der Waals surface area contributed by atoms with E-state index in [9.17, 15) is 8.78 Å². The fourth-order valence-corrected chi connectivity index (χ4v) is 2.17. The van der Waals surface area contributed by atoms with Crippen LogP contribution in [-0.2, 0) is 6.61 Å². The van der Waals surface area contributed by atoms with Gasteiger partial charge in [-0.3, -0.25) is 0 Å². The molecule has 3 aromatic rings. The molecule has 0 fully saturated rings. The number of hydrogen-bond donors (Lipinski definition) is 0. The predicted octanol–water partition coefficient (Wildman–Crippen LogP) is 4.46. The first-order chi connectivity index (χ1) is 13.1. The van der Waals surface area contributed by atoms with Gasteiger partial charge in [-0.25, -0.2) is 4.98 Å². The number of rotatable bonds is 8. The lowest BCUT2D eigenvalue weighted by molar-refractivity contribution is -0.0529. The summed E-state index contributed by atoms with van der Waals surface area (Å²) in [5, 5.41) is 0. The van der Waals surface area contributed by atoms with Gasteiger partial charge < -0.3 is 18.9 Å². The Bertz CT molecular complexity index is 879. The van der Waals surface area contributed by atoms with Crippen LogP contribution in [0.5, 0.6) is 29.1 Å². The fourth-order valence-electron chi connectivity index (χ4n) is 2.17. The van der Waals surface area contributed by atoms with Crippen LogP contribution in [0.3, 0.4) is 0 Å². The number of pyridine rings is 2. The first kappa shape index (κ1) is 18.4. The summed E-state index contributed by atoms with van der Waals surface area (Å²) < 4.78 is 45.4. The van der Waals surface area contributed by atoms with E-state index in [1.165, 1.54) is 25.4 Å². The Hall–Kier alpha value is -3.42. The van der Waals surface area contributed by atoms with Crippen LogP contribution >= 0.6 is 0 Å². The van der Waals surface area contributed by atoms with Crippen molar-refractivity contribution in [3.05, 3.63) is 66.4 Å². The van der Waals surface area contributed by atoms with Crippen molar-refractivity contribution < 1.29 is 27.7 Å². The van der Waals surface area contributed by atoms with Crippen LogP contribution in [0, 0.1) is 0 Å². The van der Waals surface area contributed by atoms with Crippen molar-refractivity contribution in [1.29, 1.82) is 0 Å². The molecule has 0 radical (unpaired) electrons. The van der Waals surface area contributed by atoms with Crippen LogP contribution in [0.4, 0.5) is 8.78 Å². The molecule has 1 aromatic carbocycles. The van der Waals surface area contributed by atoms with E-state index in [0.717, 1.165) is 5.56 Å². The van der Waals surface area contributed by atoms with Crippen molar-refractivity contribution in [2.24, 2.45) is 0 Å². The van der Waals surface area contributed by atoms with Gasteiger partial charge >= 0.3 is 6.61 Å². The molecule has 140 valence electrons. The maximum atomic E-state index is 12.3. The Labute approximate surface area is 154 Å². The lowest BCUT2D eigenvalue weighted by Gasteiger charge is -2.11. The normalized spacial score (nSPS) is 10.5. The minimum absolute atomic E-state index is 0.173. The van der Waals surface area contributed by atoms with E-state index in [0.29, 0.717) is 18.2 Å². The highest BCUT2D eigenvalue weighted by Crippen LogP contribution is 2.29. The second-order valence-electron chi connectivity index (χ2n) is 5.27. The zero-order valence-electron chi connectivity index (χ0n) is 14.3. The lowest BCUT2D eigenvalue weighted by atomic mass is 10.2. The zero-order chi connectivity index (χ0) is 19.1. The summed E-state index contributed by atoms with van der Waals surface area (Å²) in [7, 11) is 1.50. The SMILES string of the molecule is COc1cc(OCc2ccccc2)nc(Oc2ccnc(OC(F)F)c2)c1. The van der Waals surface area contributed by atoms with E-state index >= 15 is 0 Å². The molecule has 0 spiro atoms. The first-order valence-corrected chi connectivity index (χ1v) is 7.94. The molecule has 0 aliphatic carbocycles. The molecule has 3 rings (SSSR count). The number of alkyl halides is 2. The molecule has 0 aliphatic heterocycles. The number of benzene rings is 1. The highest BCUT2D eigenvalue weighted by atomic mass is 19.3. The number of hydrogen-bond acceptors (Lipinski definition) is 6. The second kappa shape index (κ2) is 8.79. The topological polar surface area (TPSA) is 62.7 Å². The molecule has 0 unspecified atom stereocenters. The maximum absolute atomic E-state index is 12.3. The minimum Gasteiger partial charge on any atom is -0.496 e. The molecule has 2 aromatic heterocycles. The summed E-state index contributed by atoms with van der Waals surface area (Å²) >= 11 is 0. The third-order valence-electron chi connectivity index (χ3n) is 3.36. The average Bonchev–Trinajstić information content (AvgIpc) is 2.67. The highest BCUT2D eigenvalue weighted by molar-refractivity contribution is 5.37. The van der Waals surface area contributed by atoms with E-state index in [4.69, 9.17) is 14.2 Å². The Morgan fingerprint density at radius 3 is 2.41 bits per heavy atom. The third kappa shape index (κ3) is 5.53. The number of methoxy groups -OCH3 is 1. The fraction of sp³-hybridized carbons (Fsp3) is 0.158. The Morgan fingerprint density at radius 2 is 1.67 bits per heavy atom. The number of aromatic nitrogens is 2. The van der Waals surface area contributed by atoms with Gasteiger partial charge in [0.1, 0.15) is 18.1 Å². The molecule has 8 heteroatoms. The van der Waals surface area contributed by atoms with Gasteiger partial charge in [-0.1, -0.05) is 30.3 Å². The number of halogens is 2. The molecular weight excluding hydrogens is 358 g/mol. The van der Waals surface area contributed by atoms with E-state index in [-0.39, 0.29) is 17.5 Å². The van der Waals surface area contributed by atoms with Crippen molar-refractivity contribution in [2.75, 3.05) is 7.11 Å². The van der Waals surface area contributed by atoms with E-state index in [1.807, 2.05) is 30.3 Å². The summed E-state index contributed by atoms with van der Waals surface area (Å²) in [4.78, 5) is 7.93. The molecule has 0 amide bonds. The molecule has 0 saturated carbocycles. The van der Waals surface area contributed by atoms with Gasteiger partial charge in [-0.15, -0.1) is 0 Å². The van der Waals surface area contributed by atoms with Crippen molar-refractivity contribution in [2.45, 2.75) is 13.2 Å². The number of ether oxygens (including phenoxy) is 4. The standard InChI is InChI=1S/C19H16F2N2O4/c1-24-15-10-17(25-12-13-5-3-2-4-6-13)23-18(11-15)26-14-7-8-22-16(9-14)27-19(20)21/h2-11,19H,12H2,1H3. The van der Waals surface area contributed by atoms with Gasteiger partial charge in [0.15, 0.2) is 0 Å². The highest BCUT2D eigenvalue weighted by Gasteiger charge is 2.10. The lowest BCUT2D eigenvalue weighted by Crippen LogP contribution is -2.03. The number of nitrogens with zero attached hydrogens (tertiary/aromatic N) is 2. The summed E-state index contributed by atoms with van der Waals surface area (Å²) in [6, 6.07) is 15.5.